The van der Waals surface area contributed by atoms with Crippen molar-refractivity contribution in [3.05, 3.63) is 28.0 Å². The highest BCUT2D eigenvalue weighted by molar-refractivity contribution is 8.93. The van der Waals surface area contributed by atoms with E-state index >= 15 is 0 Å². The first-order chi connectivity index (χ1) is 9.26. The first-order valence-electron chi connectivity index (χ1n) is 7.75. The number of nitrogens with zero attached hydrogens (tertiary/aromatic N) is 2. The van der Waals surface area contributed by atoms with E-state index in [0.717, 1.165) is 44.7 Å². The second kappa shape index (κ2) is 8.50. The van der Waals surface area contributed by atoms with E-state index in [1.165, 1.54) is 25.0 Å². The van der Waals surface area contributed by atoms with Crippen molar-refractivity contribution in [1.82, 2.24) is 4.57 Å². The van der Waals surface area contributed by atoms with Gasteiger partial charge in [-0.3, -0.25) is 4.79 Å². The molecular formula is C16H27BrN2O. The van der Waals surface area contributed by atoms with Gasteiger partial charge in [0.1, 0.15) is 5.82 Å². The molecule has 0 bridgehead atoms. The Kier molecular flexibility index (Phi) is 7.35. The molecule has 4 heteroatoms. The molecule has 0 unspecified atom stereocenters. The van der Waals surface area contributed by atoms with E-state index < -0.39 is 0 Å². The second-order valence-electron chi connectivity index (χ2n) is 5.49. The topological polar surface area (TPSA) is 25.2 Å². The summed E-state index contributed by atoms with van der Waals surface area (Å²) in [5.74, 6) is 1.15. The van der Waals surface area contributed by atoms with Gasteiger partial charge in [-0.1, -0.05) is 20.3 Å². The zero-order valence-electron chi connectivity index (χ0n) is 12.7. The number of aromatic nitrogens is 1. The molecule has 2 rings (SSSR count). The maximum Gasteiger partial charge on any atom is 0.183 e. The fraction of sp³-hybridized carbons (Fsp3) is 0.688. The molecule has 1 aromatic rings. The average molecular weight is 343 g/mol. The van der Waals surface area contributed by atoms with Crippen molar-refractivity contribution >= 4 is 22.8 Å². The molecule has 20 heavy (non-hydrogen) atoms. The van der Waals surface area contributed by atoms with E-state index in [1.807, 2.05) is 12.1 Å². The van der Waals surface area contributed by atoms with Crippen LogP contribution in [0.15, 0.2) is 16.9 Å². The molecule has 0 aliphatic carbocycles. The molecule has 3 nitrogen and oxygen atoms in total. The van der Waals surface area contributed by atoms with Crippen LogP contribution < -0.4 is 10.3 Å². The lowest BCUT2D eigenvalue weighted by Crippen LogP contribution is -2.30. The third kappa shape index (κ3) is 4.11. The van der Waals surface area contributed by atoms with Crippen LogP contribution in [-0.2, 0) is 13.0 Å². The summed E-state index contributed by atoms with van der Waals surface area (Å²) in [7, 11) is 0. The molecule has 0 fully saturated rings. The van der Waals surface area contributed by atoms with Crippen molar-refractivity contribution in [2.45, 2.75) is 58.9 Å². The van der Waals surface area contributed by atoms with Crippen molar-refractivity contribution in [2.24, 2.45) is 0 Å². The molecule has 114 valence electrons. The lowest BCUT2D eigenvalue weighted by atomic mass is 10.2. The molecule has 0 atom stereocenters. The number of hydrogen-bond donors (Lipinski definition) is 0. The number of hydrogen-bond acceptors (Lipinski definition) is 2. The van der Waals surface area contributed by atoms with E-state index in [9.17, 15) is 4.79 Å². The molecule has 2 heterocycles. The van der Waals surface area contributed by atoms with Gasteiger partial charge in [0.2, 0.25) is 0 Å². The second-order valence-corrected chi connectivity index (χ2v) is 5.49. The Morgan fingerprint density at radius 1 is 1.10 bits per heavy atom. The summed E-state index contributed by atoms with van der Waals surface area (Å²) in [5, 5.41) is 0. The maximum absolute atomic E-state index is 11.9. The summed E-state index contributed by atoms with van der Waals surface area (Å²) in [6, 6.07) is 3.67. The molecule has 0 radical (unpaired) electrons. The molecule has 1 aliphatic heterocycles. The number of pyridine rings is 1. The van der Waals surface area contributed by atoms with Gasteiger partial charge in [0.25, 0.3) is 0 Å². The van der Waals surface area contributed by atoms with Crippen LogP contribution in [0, 0.1) is 0 Å². The lowest BCUT2D eigenvalue weighted by Gasteiger charge is -2.28. The predicted octanol–water partition coefficient (Wildman–Crippen LogP) is 3.78. The number of fused-ring (bicyclic) bond motifs is 1. The van der Waals surface area contributed by atoms with Crippen LogP contribution in [-0.4, -0.2) is 17.7 Å². The quantitative estimate of drug-likeness (QED) is 0.813. The summed E-state index contributed by atoms with van der Waals surface area (Å²) in [5.41, 5.74) is 1.40. The fourth-order valence-corrected chi connectivity index (χ4v) is 3.00. The Morgan fingerprint density at radius 2 is 1.80 bits per heavy atom. The number of rotatable bonds is 5. The molecular weight excluding hydrogens is 316 g/mol. The summed E-state index contributed by atoms with van der Waals surface area (Å²) in [6.07, 6.45) is 7.02. The summed E-state index contributed by atoms with van der Waals surface area (Å²) >= 11 is 0. The monoisotopic (exact) mass is 342 g/mol. The van der Waals surface area contributed by atoms with E-state index in [2.05, 4.69) is 23.3 Å². The fourth-order valence-electron chi connectivity index (χ4n) is 3.00. The predicted molar refractivity (Wildman–Crippen MR) is 91.4 cm³/mol. The maximum atomic E-state index is 11.9. The Labute approximate surface area is 132 Å². The SMILES string of the molecule is Br.CCCN(CCC)c1cc(=O)cc2n1CCCCC2. The molecule has 1 aliphatic rings. The van der Waals surface area contributed by atoms with Crippen molar-refractivity contribution in [1.29, 1.82) is 0 Å². The van der Waals surface area contributed by atoms with Gasteiger partial charge < -0.3 is 9.47 Å². The Hall–Kier alpha value is -0.770. The van der Waals surface area contributed by atoms with Crippen molar-refractivity contribution in [2.75, 3.05) is 18.0 Å². The standard InChI is InChI=1S/C16H26N2O.BrH/c1-3-9-17(10-4-2)16-13-15(19)12-14-8-6-5-7-11-18(14)16;/h12-13H,3-11H2,1-2H3;1H. The molecule has 1 aromatic heterocycles. The normalized spacial score (nSPS) is 14.1. The minimum Gasteiger partial charge on any atom is -0.358 e. The average Bonchev–Trinajstić information content (AvgIpc) is 2.62. The Balaban J connectivity index is 0.00000200. The van der Waals surface area contributed by atoms with Crippen LogP contribution in [0.3, 0.4) is 0 Å². The third-order valence-electron chi connectivity index (χ3n) is 3.83. The van der Waals surface area contributed by atoms with Crippen LogP contribution in [0.25, 0.3) is 0 Å². The van der Waals surface area contributed by atoms with Crippen LogP contribution in [0.5, 0.6) is 0 Å². The highest BCUT2D eigenvalue weighted by atomic mass is 79.9. The lowest BCUT2D eigenvalue weighted by molar-refractivity contribution is 0.610. The molecule has 0 saturated carbocycles. The van der Waals surface area contributed by atoms with E-state index in [4.69, 9.17) is 0 Å². The van der Waals surface area contributed by atoms with E-state index in [1.54, 1.807) is 0 Å². The Morgan fingerprint density at radius 3 is 2.45 bits per heavy atom. The van der Waals surface area contributed by atoms with Crippen LogP contribution >= 0.6 is 17.0 Å². The third-order valence-corrected chi connectivity index (χ3v) is 3.83. The van der Waals surface area contributed by atoms with Gasteiger partial charge in [0.05, 0.1) is 0 Å². The van der Waals surface area contributed by atoms with Gasteiger partial charge in [0.15, 0.2) is 5.43 Å². The van der Waals surface area contributed by atoms with Gasteiger partial charge in [-0.05, 0) is 32.1 Å². The zero-order chi connectivity index (χ0) is 13.7. The van der Waals surface area contributed by atoms with Crippen LogP contribution in [0.1, 0.15) is 51.6 Å². The van der Waals surface area contributed by atoms with Gasteiger partial charge in [-0.2, -0.15) is 0 Å². The Bertz CT molecular complexity index is 464. The van der Waals surface area contributed by atoms with Crippen molar-refractivity contribution < 1.29 is 0 Å². The summed E-state index contributed by atoms with van der Waals surface area (Å²) in [6.45, 7) is 7.54. The minimum atomic E-state index is 0. The summed E-state index contributed by atoms with van der Waals surface area (Å²) < 4.78 is 2.39. The van der Waals surface area contributed by atoms with Gasteiger partial charge in [-0.25, -0.2) is 0 Å². The highest BCUT2D eigenvalue weighted by Gasteiger charge is 2.15. The largest absolute Gasteiger partial charge is 0.358 e. The number of anilines is 1. The van der Waals surface area contributed by atoms with E-state index in [-0.39, 0.29) is 22.4 Å². The van der Waals surface area contributed by atoms with Gasteiger partial charge in [0, 0.05) is 37.5 Å². The van der Waals surface area contributed by atoms with Gasteiger partial charge >= 0.3 is 0 Å². The van der Waals surface area contributed by atoms with Crippen molar-refractivity contribution in [3.63, 3.8) is 0 Å². The molecule has 0 saturated heterocycles. The van der Waals surface area contributed by atoms with Crippen LogP contribution in [0.2, 0.25) is 0 Å². The van der Waals surface area contributed by atoms with Crippen molar-refractivity contribution in [3.8, 4) is 0 Å². The minimum absolute atomic E-state index is 0. The highest BCUT2D eigenvalue weighted by Crippen LogP contribution is 2.21. The number of halogens is 1. The molecule has 0 N–H and O–H groups in total. The zero-order valence-corrected chi connectivity index (χ0v) is 14.4. The summed E-state index contributed by atoms with van der Waals surface area (Å²) in [4.78, 5) is 14.3. The smallest absolute Gasteiger partial charge is 0.183 e. The first kappa shape index (κ1) is 17.3. The van der Waals surface area contributed by atoms with Crippen LogP contribution in [0.4, 0.5) is 5.82 Å². The molecule has 0 spiro atoms. The number of aryl methyl sites for hydroxylation is 1. The molecule has 0 aromatic carbocycles. The van der Waals surface area contributed by atoms with Gasteiger partial charge in [-0.15, -0.1) is 17.0 Å². The first-order valence-corrected chi connectivity index (χ1v) is 7.75. The molecule has 0 amide bonds. The van der Waals surface area contributed by atoms with E-state index in [0.29, 0.717) is 0 Å².